The molecule has 0 atom stereocenters. The highest BCUT2D eigenvalue weighted by atomic mass is 79.9. The number of halogens is 2. The zero-order chi connectivity index (χ0) is 13.5. The van der Waals surface area contributed by atoms with Crippen molar-refractivity contribution in [2.45, 2.75) is 12.8 Å². The minimum atomic E-state index is 0. The molecule has 6 heteroatoms. The highest BCUT2D eigenvalue weighted by molar-refractivity contribution is 9.11. The average molecular weight is 387 g/mol. The maximum absolute atomic E-state index is 5.49. The van der Waals surface area contributed by atoms with Gasteiger partial charge in [-0.15, -0.1) is 23.7 Å². The van der Waals surface area contributed by atoms with Gasteiger partial charge in [-0.05, 0) is 52.2 Å². The van der Waals surface area contributed by atoms with Crippen LogP contribution in [0.1, 0.15) is 16.0 Å². The van der Waals surface area contributed by atoms with Crippen LogP contribution >= 0.6 is 39.7 Å². The molecule has 0 amide bonds. The molecule has 21 heavy (non-hydrogen) atoms. The molecule has 0 unspecified atom stereocenters. The second kappa shape index (κ2) is 5.99. The Hall–Kier alpha value is -1.04. The fourth-order valence-electron chi connectivity index (χ4n) is 2.62. The summed E-state index contributed by atoms with van der Waals surface area (Å²) >= 11 is 5.27. The molecular weight excluding hydrogens is 374 g/mol. The number of thiophene rings is 1. The van der Waals surface area contributed by atoms with Crippen molar-refractivity contribution in [2.75, 3.05) is 13.3 Å². The summed E-state index contributed by atoms with van der Waals surface area (Å²) in [6, 6.07) is 8.43. The van der Waals surface area contributed by atoms with Crippen molar-refractivity contribution in [1.82, 2.24) is 0 Å². The molecule has 2 aromatic rings. The Bertz CT molecular complexity index is 714. The predicted octanol–water partition coefficient (Wildman–Crippen LogP) is 4.25. The second-order valence-corrected chi connectivity index (χ2v) is 7.37. The summed E-state index contributed by atoms with van der Waals surface area (Å²) in [5, 5.41) is 0. The van der Waals surface area contributed by atoms with E-state index in [0.717, 1.165) is 40.4 Å². The molecule has 0 saturated carbocycles. The lowest BCUT2D eigenvalue weighted by Crippen LogP contribution is -2.14. The first-order valence-corrected chi connectivity index (χ1v) is 8.11. The Morgan fingerprint density at radius 1 is 1.19 bits per heavy atom. The van der Waals surface area contributed by atoms with Gasteiger partial charge in [0, 0.05) is 29.1 Å². The second-order valence-electron chi connectivity index (χ2n) is 4.82. The van der Waals surface area contributed by atoms with Crippen LogP contribution in [0.4, 0.5) is 0 Å². The van der Waals surface area contributed by atoms with Gasteiger partial charge in [0.25, 0.3) is 0 Å². The van der Waals surface area contributed by atoms with E-state index >= 15 is 0 Å². The molecule has 0 bridgehead atoms. The first-order valence-electron chi connectivity index (χ1n) is 6.50. The van der Waals surface area contributed by atoms with E-state index in [1.54, 1.807) is 11.3 Å². The average Bonchev–Trinajstić information content (AvgIpc) is 3.05. The van der Waals surface area contributed by atoms with E-state index in [0.29, 0.717) is 6.79 Å². The van der Waals surface area contributed by atoms with E-state index in [-0.39, 0.29) is 12.4 Å². The Balaban J connectivity index is 0.00000132. The minimum absolute atomic E-state index is 0. The van der Waals surface area contributed by atoms with Crippen LogP contribution < -0.4 is 9.47 Å². The van der Waals surface area contributed by atoms with Gasteiger partial charge in [0.05, 0.1) is 3.79 Å². The molecule has 0 saturated heterocycles. The van der Waals surface area contributed by atoms with Crippen molar-refractivity contribution >= 4 is 45.4 Å². The van der Waals surface area contributed by atoms with Crippen molar-refractivity contribution < 1.29 is 9.47 Å². The Morgan fingerprint density at radius 3 is 2.76 bits per heavy atom. The van der Waals surface area contributed by atoms with Crippen molar-refractivity contribution in [3.8, 4) is 11.5 Å². The zero-order valence-corrected chi connectivity index (χ0v) is 14.3. The van der Waals surface area contributed by atoms with E-state index < -0.39 is 0 Å². The van der Waals surface area contributed by atoms with E-state index in [4.69, 9.17) is 14.5 Å². The van der Waals surface area contributed by atoms with Gasteiger partial charge in [0.15, 0.2) is 11.5 Å². The van der Waals surface area contributed by atoms with E-state index in [1.165, 1.54) is 16.0 Å². The normalized spacial score (nSPS) is 15.2. The molecular formula is C15H13BrClNO2S. The summed E-state index contributed by atoms with van der Waals surface area (Å²) in [5.41, 5.74) is 3.68. The van der Waals surface area contributed by atoms with Crippen LogP contribution in [-0.4, -0.2) is 19.0 Å². The summed E-state index contributed by atoms with van der Waals surface area (Å²) in [4.78, 5) is 6.03. The summed E-state index contributed by atoms with van der Waals surface area (Å²) in [7, 11) is 0. The first kappa shape index (κ1) is 14.9. The quantitative estimate of drug-likeness (QED) is 0.772. The third kappa shape index (κ3) is 2.82. The first-order chi connectivity index (χ1) is 9.79. The Kier molecular flexibility index (Phi) is 4.24. The summed E-state index contributed by atoms with van der Waals surface area (Å²) in [5.74, 6) is 1.70. The van der Waals surface area contributed by atoms with Crippen LogP contribution in [0.2, 0.25) is 0 Å². The van der Waals surface area contributed by atoms with Crippen LogP contribution in [0, 0.1) is 0 Å². The van der Waals surface area contributed by atoms with Gasteiger partial charge in [-0.1, -0.05) is 0 Å². The molecule has 0 aliphatic carbocycles. The summed E-state index contributed by atoms with van der Waals surface area (Å²) < 4.78 is 12.1. The van der Waals surface area contributed by atoms with E-state index in [1.807, 2.05) is 0 Å². The Labute approximate surface area is 141 Å². The van der Waals surface area contributed by atoms with Crippen LogP contribution in [0.5, 0.6) is 11.5 Å². The zero-order valence-electron chi connectivity index (χ0n) is 11.1. The number of hydrogen-bond acceptors (Lipinski definition) is 4. The highest BCUT2D eigenvalue weighted by Crippen LogP contribution is 2.37. The topological polar surface area (TPSA) is 30.8 Å². The lowest BCUT2D eigenvalue weighted by Gasteiger charge is -2.17. The molecule has 0 N–H and O–H groups in total. The van der Waals surface area contributed by atoms with E-state index in [2.05, 4.69) is 40.2 Å². The third-order valence-corrected chi connectivity index (χ3v) is 5.19. The molecule has 0 fully saturated rings. The molecule has 0 spiro atoms. The number of hydrogen-bond donors (Lipinski definition) is 0. The fraction of sp³-hybridized carbons (Fsp3) is 0.267. The molecule has 110 valence electrons. The molecule has 4 rings (SSSR count). The van der Waals surface area contributed by atoms with Crippen molar-refractivity contribution in [1.29, 1.82) is 0 Å². The number of fused-ring (bicyclic) bond motifs is 2. The number of rotatable bonds is 2. The van der Waals surface area contributed by atoms with Crippen molar-refractivity contribution in [3.63, 3.8) is 0 Å². The van der Waals surface area contributed by atoms with Crippen molar-refractivity contribution in [3.05, 3.63) is 44.1 Å². The van der Waals surface area contributed by atoms with Gasteiger partial charge in [0.1, 0.15) is 0 Å². The standard InChI is InChI=1S/C15H12BrNO2S.ClH/c16-15-2-1-10(20-15)6-12-11-7-14-13(18-8-19-14)5-9(11)3-4-17-12;/h1-2,5,7H,3-4,6,8H2;1H. The minimum Gasteiger partial charge on any atom is -0.454 e. The highest BCUT2D eigenvalue weighted by Gasteiger charge is 2.22. The van der Waals surface area contributed by atoms with Crippen molar-refractivity contribution in [2.24, 2.45) is 4.99 Å². The molecule has 2 aliphatic heterocycles. The third-order valence-electron chi connectivity index (χ3n) is 3.56. The van der Waals surface area contributed by atoms with Crippen LogP contribution in [0.15, 0.2) is 33.0 Å². The molecule has 1 aromatic heterocycles. The number of aliphatic imine (C=N–C) groups is 1. The molecule has 3 nitrogen and oxygen atoms in total. The number of benzene rings is 1. The van der Waals surface area contributed by atoms with Gasteiger partial charge < -0.3 is 9.47 Å². The largest absolute Gasteiger partial charge is 0.454 e. The molecule has 0 radical (unpaired) electrons. The van der Waals surface area contributed by atoms with Crippen LogP contribution in [-0.2, 0) is 12.8 Å². The van der Waals surface area contributed by atoms with Gasteiger partial charge in [-0.3, -0.25) is 4.99 Å². The van der Waals surface area contributed by atoms with Gasteiger partial charge >= 0.3 is 0 Å². The molecule has 2 aliphatic rings. The van der Waals surface area contributed by atoms with Gasteiger partial charge in [-0.25, -0.2) is 0 Å². The number of ether oxygens (including phenoxy) is 2. The Morgan fingerprint density at radius 2 is 2.00 bits per heavy atom. The maximum Gasteiger partial charge on any atom is 0.231 e. The number of nitrogens with zero attached hydrogens (tertiary/aromatic N) is 1. The predicted molar refractivity (Wildman–Crippen MR) is 90.6 cm³/mol. The molecule has 3 heterocycles. The van der Waals surface area contributed by atoms with Crippen LogP contribution in [0.3, 0.4) is 0 Å². The SMILES string of the molecule is Brc1ccc(CC2=NCCc3cc4c(cc32)OCO4)s1.Cl. The summed E-state index contributed by atoms with van der Waals surface area (Å²) in [6.07, 6.45) is 1.85. The fourth-order valence-corrected chi connectivity index (χ4v) is 4.11. The maximum atomic E-state index is 5.49. The van der Waals surface area contributed by atoms with Gasteiger partial charge in [-0.2, -0.15) is 0 Å². The van der Waals surface area contributed by atoms with E-state index in [9.17, 15) is 0 Å². The monoisotopic (exact) mass is 385 g/mol. The lowest BCUT2D eigenvalue weighted by molar-refractivity contribution is 0.174. The molecule has 1 aromatic carbocycles. The van der Waals surface area contributed by atoms with Gasteiger partial charge in [0.2, 0.25) is 6.79 Å². The lowest BCUT2D eigenvalue weighted by atomic mass is 9.95. The summed E-state index contributed by atoms with van der Waals surface area (Å²) in [6.45, 7) is 1.18. The van der Waals surface area contributed by atoms with Crippen LogP contribution in [0.25, 0.3) is 0 Å². The smallest absolute Gasteiger partial charge is 0.231 e.